The van der Waals surface area contributed by atoms with Crippen molar-refractivity contribution >= 4 is 5.71 Å². The molecule has 0 aromatic heterocycles. The zero-order valence-electron chi connectivity index (χ0n) is 12.2. The van der Waals surface area contributed by atoms with E-state index in [1.165, 1.54) is 0 Å². The summed E-state index contributed by atoms with van der Waals surface area (Å²) in [6, 6.07) is 10.1. The van der Waals surface area contributed by atoms with Crippen molar-refractivity contribution in [1.29, 1.82) is 0 Å². The van der Waals surface area contributed by atoms with Crippen LogP contribution in [0.2, 0.25) is 0 Å². The van der Waals surface area contributed by atoms with Crippen LogP contribution >= 0.6 is 0 Å². The van der Waals surface area contributed by atoms with E-state index in [0.29, 0.717) is 0 Å². The van der Waals surface area contributed by atoms with E-state index in [2.05, 4.69) is 18.2 Å². The maximum Gasteiger partial charge on any atom is 0.0709 e. The lowest BCUT2D eigenvalue weighted by Crippen LogP contribution is -1.97. The van der Waals surface area contributed by atoms with Crippen LogP contribution in [0.5, 0.6) is 0 Å². The van der Waals surface area contributed by atoms with Crippen molar-refractivity contribution in [2.24, 2.45) is 4.99 Å². The van der Waals surface area contributed by atoms with Gasteiger partial charge in [-0.3, -0.25) is 0 Å². The molecule has 0 unspecified atom stereocenters. The molecule has 0 N–H and O–H groups in total. The molecule has 0 saturated heterocycles. The van der Waals surface area contributed by atoms with Gasteiger partial charge in [-0.15, -0.1) is 0 Å². The van der Waals surface area contributed by atoms with Gasteiger partial charge in [-0.1, -0.05) is 67.8 Å². The number of nitrogens with zero attached hydrogens (tertiary/aromatic N) is 1. The quantitative estimate of drug-likeness (QED) is 0.490. The summed E-state index contributed by atoms with van der Waals surface area (Å²) in [6.07, 6.45) is 11.7. The van der Waals surface area contributed by atoms with Crippen molar-refractivity contribution in [3.63, 3.8) is 0 Å². The molecular formula is C19H21N. The molecule has 0 spiro atoms. The molecule has 1 rings (SSSR count). The molecule has 102 valence electrons. The van der Waals surface area contributed by atoms with Crippen LogP contribution in [0.3, 0.4) is 0 Å². The molecule has 0 aliphatic carbocycles. The maximum atomic E-state index is 4.55. The highest BCUT2D eigenvalue weighted by atomic mass is 14.7. The summed E-state index contributed by atoms with van der Waals surface area (Å²) < 4.78 is 0. The second kappa shape index (κ2) is 8.65. The van der Waals surface area contributed by atoms with Gasteiger partial charge in [0.2, 0.25) is 0 Å². The van der Waals surface area contributed by atoms with E-state index < -0.39 is 0 Å². The van der Waals surface area contributed by atoms with Crippen LogP contribution < -0.4 is 0 Å². The molecule has 0 bridgehead atoms. The molecule has 1 heteroatoms. The van der Waals surface area contributed by atoms with E-state index >= 15 is 0 Å². The fourth-order valence-electron chi connectivity index (χ4n) is 1.65. The molecule has 0 fully saturated rings. The van der Waals surface area contributed by atoms with Gasteiger partial charge in [0.15, 0.2) is 0 Å². The van der Waals surface area contributed by atoms with E-state index in [1.54, 1.807) is 0 Å². The Bertz CT molecular complexity index is 569. The Kier molecular flexibility index (Phi) is 6.77. The predicted molar refractivity (Wildman–Crippen MR) is 90.0 cm³/mol. The monoisotopic (exact) mass is 263 g/mol. The standard InChI is InChI=1S/C19H21N/c1-5-10-16(3)14-15-19(20-17(4)11-6-2)18-12-8-7-9-13-18/h5-15H,3-4H2,1-2H3/b10-5-,11-6-,15-14-,20-19+. The Morgan fingerprint density at radius 2 is 1.55 bits per heavy atom. The summed E-state index contributed by atoms with van der Waals surface area (Å²) in [4.78, 5) is 4.55. The third-order valence-corrected chi connectivity index (χ3v) is 2.53. The second-order valence-electron chi connectivity index (χ2n) is 4.26. The molecule has 1 aromatic carbocycles. The Hall–Kier alpha value is -2.41. The van der Waals surface area contributed by atoms with Gasteiger partial charge in [-0.2, -0.15) is 0 Å². The van der Waals surface area contributed by atoms with Crippen LogP contribution in [-0.4, -0.2) is 5.71 Å². The van der Waals surface area contributed by atoms with E-state index in [9.17, 15) is 0 Å². The van der Waals surface area contributed by atoms with Gasteiger partial charge < -0.3 is 0 Å². The largest absolute Gasteiger partial charge is 0.249 e. The van der Waals surface area contributed by atoms with Gasteiger partial charge in [0, 0.05) is 5.56 Å². The van der Waals surface area contributed by atoms with Gasteiger partial charge in [0.25, 0.3) is 0 Å². The molecular weight excluding hydrogens is 242 g/mol. The molecule has 0 aliphatic rings. The molecule has 0 radical (unpaired) electrons. The SMILES string of the molecule is C=C(/C=C\C)/C=C\C(=N/C(=C)/C=C\C)c1ccccc1. The van der Waals surface area contributed by atoms with Gasteiger partial charge in [0.05, 0.1) is 11.4 Å². The Morgan fingerprint density at radius 3 is 2.15 bits per heavy atom. The Balaban J connectivity index is 3.09. The van der Waals surface area contributed by atoms with Gasteiger partial charge >= 0.3 is 0 Å². The van der Waals surface area contributed by atoms with Crippen LogP contribution in [0.1, 0.15) is 19.4 Å². The zero-order chi connectivity index (χ0) is 14.8. The van der Waals surface area contributed by atoms with Crippen molar-refractivity contribution in [3.8, 4) is 0 Å². The van der Waals surface area contributed by atoms with Crippen molar-refractivity contribution in [2.45, 2.75) is 13.8 Å². The molecule has 1 aromatic rings. The topological polar surface area (TPSA) is 12.4 Å². The molecule has 20 heavy (non-hydrogen) atoms. The fourth-order valence-corrected chi connectivity index (χ4v) is 1.65. The number of benzene rings is 1. The molecule has 1 nitrogen and oxygen atoms in total. The molecule has 0 heterocycles. The van der Waals surface area contributed by atoms with E-state index in [0.717, 1.165) is 22.5 Å². The third kappa shape index (κ3) is 5.49. The van der Waals surface area contributed by atoms with Crippen molar-refractivity contribution in [1.82, 2.24) is 0 Å². The maximum absolute atomic E-state index is 4.55. The number of aliphatic imine (C=N–C) groups is 1. The van der Waals surface area contributed by atoms with Gasteiger partial charge in [-0.05, 0) is 31.6 Å². The lowest BCUT2D eigenvalue weighted by atomic mass is 10.1. The van der Waals surface area contributed by atoms with E-state index in [-0.39, 0.29) is 0 Å². The molecule has 0 saturated carbocycles. The number of hydrogen-bond acceptors (Lipinski definition) is 1. The lowest BCUT2D eigenvalue weighted by Gasteiger charge is -2.02. The van der Waals surface area contributed by atoms with Gasteiger partial charge in [0.1, 0.15) is 0 Å². The first-order valence-corrected chi connectivity index (χ1v) is 6.62. The first-order valence-electron chi connectivity index (χ1n) is 6.62. The summed E-state index contributed by atoms with van der Waals surface area (Å²) in [5.41, 5.74) is 3.60. The van der Waals surface area contributed by atoms with Crippen molar-refractivity contribution in [2.75, 3.05) is 0 Å². The minimum absolute atomic E-state index is 0.729. The minimum atomic E-state index is 0.729. The Morgan fingerprint density at radius 1 is 0.900 bits per heavy atom. The predicted octanol–water partition coefficient (Wildman–Crippen LogP) is 5.25. The van der Waals surface area contributed by atoms with Gasteiger partial charge in [-0.25, -0.2) is 4.99 Å². The average molecular weight is 263 g/mol. The molecule has 0 atom stereocenters. The lowest BCUT2D eigenvalue weighted by molar-refractivity contribution is 1.41. The molecule has 0 amide bonds. The second-order valence-corrected chi connectivity index (χ2v) is 4.26. The summed E-state index contributed by atoms with van der Waals surface area (Å²) in [6.45, 7) is 11.8. The highest BCUT2D eigenvalue weighted by Crippen LogP contribution is 2.08. The van der Waals surface area contributed by atoms with E-state index in [1.807, 2.05) is 80.6 Å². The van der Waals surface area contributed by atoms with E-state index in [4.69, 9.17) is 0 Å². The van der Waals surface area contributed by atoms with Crippen LogP contribution in [0.25, 0.3) is 0 Å². The summed E-state index contributed by atoms with van der Waals surface area (Å²) >= 11 is 0. The van der Waals surface area contributed by atoms with Crippen LogP contribution in [-0.2, 0) is 0 Å². The van der Waals surface area contributed by atoms with Crippen LogP contribution in [0.4, 0.5) is 0 Å². The average Bonchev–Trinajstić information content (AvgIpc) is 2.45. The van der Waals surface area contributed by atoms with Crippen LogP contribution in [0, 0.1) is 0 Å². The van der Waals surface area contributed by atoms with Crippen molar-refractivity contribution < 1.29 is 0 Å². The van der Waals surface area contributed by atoms with Crippen LogP contribution in [0.15, 0.2) is 96.2 Å². The smallest absolute Gasteiger partial charge is 0.0709 e. The third-order valence-electron chi connectivity index (χ3n) is 2.53. The number of hydrogen-bond donors (Lipinski definition) is 0. The first-order chi connectivity index (χ1) is 9.67. The zero-order valence-corrected chi connectivity index (χ0v) is 12.2. The summed E-state index contributed by atoms with van der Waals surface area (Å²) in [7, 11) is 0. The molecule has 0 aliphatic heterocycles. The first kappa shape index (κ1) is 15.6. The fraction of sp³-hybridized carbons (Fsp3) is 0.105. The number of rotatable bonds is 6. The van der Waals surface area contributed by atoms with Crippen molar-refractivity contribution in [3.05, 3.63) is 96.8 Å². The normalized spacial score (nSPS) is 12.6. The Labute approximate surface area is 122 Å². The summed E-state index contributed by atoms with van der Waals surface area (Å²) in [5.74, 6) is 0. The highest BCUT2D eigenvalue weighted by molar-refractivity contribution is 6.09. The minimum Gasteiger partial charge on any atom is -0.249 e. The highest BCUT2D eigenvalue weighted by Gasteiger charge is 1.99. The summed E-state index contributed by atoms with van der Waals surface area (Å²) in [5, 5.41) is 0. The number of allylic oxidation sites excluding steroid dienone is 7.